The van der Waals surface area contributed by atoms with Crippen LogP contribution in [0, 0.1) is 5.92 Å². The molecule has 3 aromatic rings. The van der Waals surface area contributed by atoms with Crippen molar-refractivity contribution in [1.29, 1.82) is 0 Å². The lowest BCUT2D eigenvalue weighted by Crippen LogP contribution is -2.15. The van der Waals surface area contributed by atoms with Gasteiger partial charge in [-0.3, -0.25) is 0 Å². The number of hydrogen-bond acceptors (Lipinski definition) is 1. The number of thioether (sulfide) groups is 1. The molecule has 0 heterocycles. The van der Waals surface area contributed by atoms with Gasteiger partial charge in [0.25, 0.3) is 0 Å². The third kappa shape index (κ3) is 5.75. The standard InChI is InChI=1S/C31H39PS/c1-21(2)24-17-28(22(3)4)31(29(18-24)23(5)6)33-20-25-19-30(25)32(26-13-9-7-10-14-26)27-15-11-8-12-16-27/h7-18,21-23,25,30H,19-20H2,1-6H3/t25-,30-/m1/s1. The molecule has 3 aromatic carbocycles. The summed E-state index contributed by atoms with van der Waals surface area (Å²) in [6.45, 7) is 14.1. The summed E-state index contributed by atoms with van der Waals surface area (Å²) in [5.41, 5.74) is 5.41. The van der Waals surface area contributed by atoms with Crippen molar-refractivity contribution in [3.8, 4) is 0 Å². The molecular weight excluding hydrogens is 435 g/mol. The smallest absolute Gasteiger partial charge is 0.0142 e. The van der Waals surface area contributed by atoms with Crippen LogP contribution < -0.4 is 10.6 Å². The van der Waals surface area contributed by atoms with Crippen LogP contribution in [0.5, 0.6) is 0 Å². The highest BCUT2D eigenvalue weighted by molar-refractivity contribution is 7.99. The number of benzene rings is 3. The summed E-state index contributed by atoms with van der Waals surface area (Å²) in [6, 6.07) is 27.5. The van der Waals surface area contributed by atoms with E-state index >= 15 is 0 Å². The van der Waals surface area contributed by atoms with Gasteiger partial charge in [0.1, 0.15) is 0 Å². The summed E-state index contributed by atoms with van der Waals surface area (Å²) < 4.78 is 0. The van der Waals surface area contributed by atoms with Crippen molar-refractivity contribution in [3.05, 3.63) is 89.5 Å². The maximum absolute atomic E-state index is 2.49. The second kappa shape index (κ2) is 10.8. The lowest BCUT2D eigenvalue weighted by Gasteiger charge is -2.23. The summed E-state index contributed by atoms with van der Waals surface area (Å²) in [7, 11) is -0.286. The lowest BCUT2D eigenvalue weighted by molar-refractivity contribution is 0.771. The first kappa shape index (κ1) is 24.6. The third-order valence-corrected chi connectivity index (χ3v) is 11.2. The first-order chi connectivity index (χ1) is 15.9. The molecule has 0 nitrogen and oxygen atoms in total. The molecule has 0 bridgehead atoms. The van der Waals surface area contributed by atoms with E-state index in [1.807, 2.05) is 0 Å². The highest BCUT2D eigenvalue weighted by Crippen LogP contribution is 2.57. The largest absolute Gasteiger partial charge is 0.125 e. The van der Waals surface area contributed by atoms with Crippen molar-refractivity contribution < 1.29 is 0 Å². The minimum absolute atomic E-state index is 0.286. The Morgan fingerprint density at radius 2 is 1.21 bits per heavy atom. The van der Waals surface area contributed by atoms with Gasteiger partial charge in [-0.1, -0.05) is 114 Å². The Morgan fingerprint density at radius 3 is 1.64 bits per heavy atom. The van der Waals surface area contributed by atoms with E-state index in [0.717, 1.165) is 11.6 Å². The van der Waals surface area contributed by atoms with Gasteiger partial charge in [0.2, 0.25) is 0 Å². The predicted octanol–water partition coefficient (Wildman–Crippen LogP) is 8.67. The van der Waals surface area contributed by atoms with Gasteiger partial charge in [0, 0.05) is 10.6 Å². The Bertz CT molecular complexity index is 971. The van der Waals surface area contributed by atoms with Gasteiger partial charge in [-0.25, -0.2) is 0 Å². The van der Waals surface area contributed by atoms with Crippen LogP contribution in [0.3, 0.4) is 0 Å². The molecule has 0 saturated heterocycles. The maximum atomic E-state index is 2.49. The van der Waals surface area contributed by atoms with Crippen molar-refractivity contribution in [2.24, 2.45) is 5.92 Å². The number of rotatable bonds is 9. The molecule has 1 aliphatic rings. The van der Waals surface area contributed by atoms with Crippen LogP contribution in [0.2, 0.25) is 0 Å². The quantitative estimate of drug-likeness (QED) is 0.221. The Labute approximate surface area is 207 Å². The van der Waals surface area contributed by atoms with Gasteiger partial charge >= 0.3 is 0 Å². The van der Waals surface area contributed by atoms with Crippen molar-refractivity contribution in [2.45, 2.75) is 76.3 Å². The average Bonchev–Trinajstić information content (AvgIpc) is 3.57. The van der Waals surface area contributed by atoms with E-state index in [4.69, 9.17) is 0 Å². The van der Waals surface area contributed by atoms with Gasteiger partial charge in [0.15, 0.2) is 0 Å². The van der Waals surface area contributed by atoms with Crippen molar-refractivity contribution >= 4 is 30.3 Å². The summed E-state index contributed by atoms with van der Waals surface area (Å²) >= 11 is 2.14. The molecule has 33 heavy (non-hydrogen) atoms. The zero-order chi connectivity index (χ0) is 23.5. The van der Waals surface area contributed by atoms with Crippen LogP contribution in [0.1, 0.15) is 82.4 Å². The van der Waals surface area contributed by atoms with E-state index in [1.165, 1.54) is 28.3 Å². The molecular formula is C31H39PS. The van der Waals surface area contributed by atoms with E-state index in [9.17, 15) is 0 Å². The van der Waals surface area contributed by atoms with E-state index in [2.05, 4.69) is 126 Å². The molecule has 0 aliphatic heterocycles. The van der Waals surface area contributed by atoms with Gasteiger partial charge in [-0.15, -0.1) is 11.8 Å². The second-order valence-electron chi connectivity index (χ2n) is 10.4. The molecule has 0 radical (unpaired) electrons. The predicted molar refractivity (Wildman–Crippen MR) is 150 cm³/mol. The molecule has 2 heteroatoms. The summed E-state index contributed by atoms with van der Waals surface area (Å²) in [5.74, 6) is 3.75. The molecule has 1 saturated carbocycles. The Balaban J connectivity index is 1.57. The molecule has 1 fully saturated rings. The highest BCUT2D eigenvalue weighted by atomic mass is 32.2. The van der Waals surface area contributed by atoms with Crippen LogP contribution in [-0.4, -0.2) is 11.4 Å². The van der Waals surface area contributed by atoms with E-state index < -0.39 is 0 Å². The zero-order valence-electron chi connectivity index (χ0n) is 21.1. The van der Waals surface area contributed by atoms with Crippen LogP contribution in [0.25, 0.3) is 0 Å². The monoisotopic (exact) mass is 474 g/mol. The summed E-state index contributed by atoms with van der Waals surface area (Å²) in [5, 5.41) is 3.06. The molecule has 0 amide bonds. The van der Waals surface area contributed by atoms with Crippen LogP contribution in [0.4, 0.5) is 0 Å². The molecule has 174 valence electrons. The van der Waals surface area contributed by atoms with Crippen molar-refractivity contribution in [1.82, 2.24) is 0 Å². The van der Waals surface area contributed by atoms with Gasteiger partial charge in [-0.05, 0) is 71.0 Å². The molecule has 0 spiro atoms. The molecule has 2 atom stereocenters. The molecule has 4 rings (SSSR count). The first-order valence-corrected chi connectivity index (χ1v) is 15.0. The lowest BCUT2D eigenvalue weighted by atomic mass is 9.89. The highest BCUT2D eigenvalue weighted by Gasteiger charge is 2.44. The zero-order valence-corrected chi connectivity index (χ0v) is 22.8. The van der Waals surface area contributed by atoms with Gasteiger partial charge in [0.05, 0.1) is 0 Å². The van der Waals surface area contributed by atoms with E-state index in [-0.39, 0.29) is 7.92 Å². The van der Waals surface area contributed by atoms with Gasteiger partial charge < -0.3 is 0 Å². The normalized spacial score (nSPS) is 18.0. The number of hydrogen-bond donors (Lipinski definition) is 0. The average molecular weight is 475 g/mol. The molecule has 0 unspecified atom stereocenters. The van der Waals surface area contributed by atoms with Crippen LogP contribution in [0.15, 0.2) is 77.7 Å². The summed E-state index contributed by atoms with van der Waals surface area (Å²) in [6.07, 6.45) is 1.36. The third-order valence-electron chi connectivity index (χ3n) is 6.81. The van der Waals surface area contributed by atoms with E-state index in [1.54, 1.807) is 16.0 Å². The van der Waals surface area contributed by atoms with Crippen molar-refractivity contribution in [2.75, 3.05) is 5.75 Å². The van der Waals surface area contributed by atoms with E-state index in [0.29, 0.717) is 17.8 Å². The molecule has 0 aromatic heterocycles. The molecule has 0 N–H and O–H groups in total. The fourth-order valence-corrected chi connectivity index (χ4v) is 9.56. The van der Waals surface area contributed by atoms with Crippen molar-refractivity contribution in [3.63, 3.8) is 0 Å². The molecule has 1 aliphatic carbocycles. The Hall–Kier alpha value is -1.56. The minimum Gasteiger partial charge on any atom is -0.125 e. The first-order valence-electron chi connectivity index (χ1n) is 12.6. The minimum atomic E-state index is -0.286. The fourth-order valence-electron chi connectivity index (χ4n) is 4.68. The topological polar surface area (TPSA) is 0 Å². The Morgan fingerprint density at radius 1 is 0.727 bits per heavy atom. The second-order valence-corrected chi connectivity index (χ2v) is 13.9. The van der Waals surface area contributed by atoms with Crippen LogP contribution >= 0.6 is 19.7 Å². The van der Waals surface area contributed by atoms with Crippen LogP contribution in [-0.2, 0) is 0 Å². The SMILES string of the molecule is CC(C)c1cc(C(C)C)c(SC[C@H]2C[C@H]2P(c2ccccc2)c2ccccc2)c(C(C)C)c1. The fraction of sp³-hybridized carbons (Fsp3) is 0.419. The maximum Gasteiger partial charge on any atom is 0.0142 e. The summed E-state index contributed by atoms with van der Waals surface area (Å²) in [4.78, 5) is 1.57. The Kier molecular flexibility index (Phi) is 8.03. The van der Waals surface area contributed by atoms with Gasteiger partial charge in [-0.2, -0.15) is 0 Å².